The third-order valence-corrected chi connectivity index (χ3v) is 2.66. The summed E-state index contributed by atoms with van der Waals surface area (Å²) in [6, 6.07) is 0.279. The van der Waals surface area contributed by atoms with Crippen molar-refractivity contribution >= 4 is 6.03 Å². The number of methoxy groups -OCH3 is 1. The Labute approximate surface area is 90.7 Å². The molecule has 0 aliphatic heterocycles. The largest absolute Gasteiger partial charge is 0.383 e. The van der Waals surface area contributed by atoms with E-state index in [-0.39, 0.29) is 12.1 Å². The smallest absolute Gasteiger partial charge is 0.315 e. The van der Waals surface area contributed by atoms with Gasteiger partial charge in [0, 0.05) is 13.2 Å². The van der Waals surface area contributed by atoms with Crippen LogP contribution in [0.2, 0.25) is 0 Å². The number of rotatable bonds is 6. The van der Waals surface area contributed by atoms with Crippen molar-refractivity contribution in [1.82, 2.24) is 10.6 Å². The average molecular weight is 215 g/mol. The van der Waals surface area contributed by atoms with Crippen molar-refractivity contribution in [2.75, 3.05) is 20.3 Å². The average Bonchev–Trinajstić information content (AvgIpc) is 2.12. The Morgan fingerprint density at radius 1 is 1.60 bits per heavy atom. The number of nitrogens with two attached hydrogens (primary N) is 1. The van der Waals surface area contributed by atoms with Crippen LogP contribution in [0.15, 0.2) is 0 Å². The molecule has 0 radical (unpaired) electrons. The minimum atomic E-state index is -0.102. The van der Waals surface area contributed by atoms with Gasteiger partial charge in [0.05, 0.1) is 12.6 Å². The molecule has 1 aliphatic carbocycles. The Morgan fingerprint density at radius 2 is 2.33 bits per heavy atom. The van der Waals surface area contributed by atoms with Crippen LogP contribution in [0.4, 0.5) is 4.79 Å². The maximum atomic E-state index is 11.5. The number of carbonyl (C=O) groups is 1. The molecular formula is C10H21N3O2. The molecule has 15 heavy (non-hydrogen) atoms. The normalized spacial score (nSPS) is 18.0. The van der Waals surface area contributed by atoms with E-state index in [4.69, 9.17) is 10.5 Å². The number of hydrogen-bond acceptors (Lipinski definition) is 3. The van der Waals surface area contributed by atoms with E-state index in [0.29, 0.717) is 19.2 Å². The molecule has 1 saturated carbocycles. The van der Waals surface area contributed by atoms with Crippen LogP contribution < -0.4 is 16.4 Å². The van der Waals surface area contributed by atoms with Crippen molar-refractivity contribution in [1.29, 1.82) is 0 Å². The van der Waals surface area contributed by atoms with Crippen molar-refractivity contribution in [3.8, 4) is 0 Å². The second-order valence-electron chi connectivity index (χ2n) is 3.98. The summed E-state index contributed by atoms with van der Waals surface area (Å²) in [5.41, 5.74) is 5.45. The monoisotopic (exact) mass is 215 g/mol. The molecule has 1 unspecified atom stereocenters. The van der Waals surface area contributed by atoms with Crippen LogP contribution in [-0.2, 0) is 4.74 Å². The van der Waals surface area contributed by atoms with Crippen LogP contribution in [0, 0.1) is 0 Å². The van der Waals surface area contributed by atoms with Crippen LogP contribution in [0.25, 0.3) is 0 Å². The Bertz CT molecular complexity index is 189. The van der Waals surface area contributed by atoms with Gasteiger partial charge in [-0.2, -0.15) is 0 Å². The second-order valence-corrected chi connectivity index (χ2v) is 3.98. The molecule has 0 heterocycles. The predicted molar refractivity (Wildman–Crippen MR) is 58.6 cm³/mol. The van der Waals surface area contributed by atoms with E-state index in [9.17, 15) is 4.79 Å². The predicted octanol–water partition coefficient (Wildman–Crippen LogP) is 0.202. The molecule has 0 spiro atoms. The number of ether oxygens (including phenoxy) is 1. The fraction of sp³-hybridized carbons (Fsp3) is 0.900. The molecular weight excluding hydrogens is 194 g/mol. The molecule has 1 rings (SSSR count). The first-order chi connectivity index (χ1) is 7.26. The van der Waals surface area contributed by atoms with Gasteiger partial charge in [0.1, 0.15) is 0 Å². The summed E-state index contributed by atoms with van der Waals surface area (Å²) in [5.74, 6) is 0. The van der Waals surface area contributed by atoms with Crippen LogP contribution in [0.3, 0.4) is 0 Å². The number of urea groups is 1. The molecule has 2 amide bonds. The van der Waals surface area contributed by atoms with Crippen molar-refractivity contribution in [3.05, 3.63) is 0 Å². The lowest BCUT2D eigenvalue weighted by Gasteiger charge is -2.27. The van der Waals surface area contributed by atoms with Gasteiger partial charge in [-0.25, -0.2) is 4.79 Å². The van der Waals surface area contributed by atoms with Gasteiger partial charge in [-0.1, -0.05) is 0 Å². The Balaban J connectivity index is 2.19. The summed E-state index contributed by atoms with van der Waals surface area (Å²) < 4.78 is 5.00. The molecule has 1 atom stereocenters. The van der Waals surface area contributed by atoms with E-state index >= 15 is 0 Å². The zero-order valence-electron chi connectivity index (χ0n) is 9.29. The fourth-order valence-corrected chi connectivity index (χ4v) is 1.56. The molecule has 0 aromatic rings. The number of nitrogens with one attached hydrogen (secondary N) is 2. The van der Waals surface area contributed by atoms with E-state index in [1.165, 1.54) is 6.42 Å². The van der Waals surface area contributed by atoms with Gasteiger partial charge in [-0.3, -0.25) is 0 Å². The highest BCUT2D eigenvalue weighted by molar-refractivity contribution is 5.74. The summed E-state index contributed by atoms with van der Waals surface area (Å²) in [7, 11) is 1.62. The minimum absolute atomic E-state index is 0.0140. The summed E-state index contributed by atoms with van der Waals surface area (Å²) in [5, 5.41) is 5.78. The number of amides is 2. The Hall–Kier alpha value is -0.810. The van der Waals surface area contributed by atoms with E-state index < -0.39 is 0 Å². The van der Waals surface area contributed by atoms with E-state index in [1.807, 2.05) is 0 Å². The lowest BCUT2D eigenvalue weighted by molar-refractivity contribution is 0.161. The van der Waals surface area contributed by atoms with Crippen molar-refractivity contribution in [3.63, 3.8) is 0 Å². The molecule has 0 aromatic carbocycles. The molecule has 4 N–H and O–H groups in total. The molecule has 5 heteroatoms. The van der Waals surface area contributed by atoms with Crippen molar-refractivity contribution in [2.45, 2.75) is 37.8 Å². The summed E-state index contributed by atoms with van der Waals surface area (Å²) >= 11 is 0. The highest BCUT2D eigenvalue weighted by atomic mass is 16.5. The third-order valence-electron chi connectivity index (χ3n) is 2.66. The zero-order chi connectivity index (χ0) is 11.1. The van der Waals surface area contributed by atoms with Gasteiger partial charge in [0.25, 0.3) is 0 Å². The maximum absolute atomic E-state index is 11.5. The molecule has 0 bridgehead atoms. The molecule has 1 fully saturated rings. The van der Waals surface area contributed by atoms with E-state index in [1.54, 1.807) is 7.11 Å². The second kappa shape index (κ2) is 6.63. The summed E-state index contributed by atoms with van der Waals surface area (Å²) in [4.78, 5) is 11.5. The first kappa shape index (κ1) is 12.3. The molecule has 0 aromatic heterocycles. The quantitative estimate of drug-likeness (QED) is 0.592. The molecule has 88 valence electrons. The van der Waals surface area contributed by atoms with Crippen LogP contribution in [0.5, 0.6) is 0 Å². The highest BCUT2D eigenvalue weighted by Crippen LogP contribution is 2.17. The molecule has 5 nitrogen and oxygen atoms in total. The number of hydrogen-bond donors (Lipinski definition) is 3. The van der Waals surface area contributed by atoms with E-state index in [0.717, 1.165) is 19.3 Å². The van der Waals surface area contributed by atoms with Crippen LogP contribution in [-0.4, -0.2) is 38.4 Å². The van der Waals surface area contributed by atoms with Crippen LogP contribution >= 0.6 is 0 Å². The lowest BCUT2D eigenvalue weighted by atomic mass is 9.93. The van der Waals surface area contributed by atoms with Gasteiger partial charge in [-0.15, -0.1) is 0 Å². The van der Waals surface area contributed by atoms with E-state index in [2.05, 4.69) is 10.6 Å². The third kappa shape index (κ3) is 4.48. The number of carbonyl (C=O) groups excluding carboxylic acids is 1. The topological polar surface area (TPSA) is 76.4 Å². The van der Waals surface area contributed by atoms with Gasteiger partial charge in [0.15, 0.2) is 0 Å². The van der Waals surface area contributed by atoms with Gasteiger partial charge < -0.3 is 21.1 Å². The maximum Gasteiger partial charge on any atom is 0.315 e. The summed E-state index contributed by atoms with van der Waals surface area (Å²) in [6.07, 6.45) is 4.15. The van der Waals surface area contributed by atoms with Gasteiger partial charge >= 0.3 is 6.03 Å². The highest BCUT2D eigenvalue weighted by Gasteiger charge is 2.20. The first-order valence-electron chi connectivity index (χ1n) is 5.52. The fourth-order valence-electron chi connectivity index (χ4n) is 1.56. The Kier molecular flexibility index (Phi) is 5.42. The SMILES string of the molecule is COCC(CCN)NC(=O)NC1CCC1. The van der Waals surface area contributed by atoms with Gasteiger partial charge in [0.2, 0.25) is 0 Å². The lowest BCUT2D eigenvalue weighted by Crippen LogP contribution is -2.49. The zero-order valence-corrected chi connectivity index (χ0v) is 9.29. The standard InChI is InChI=1S/C10H21N3O2/c1-15-7-9(5-6-11)13-10(14)12-8-3-2-4-8/h8-9H,2-7,11H2,1H3,(H2,12,13,14). The van der Waals surface area contributed by atoms with Gasteiger partial charge in [-0.05, 0) is 32.2 Å². The van der Waals surface area contributed by atoms with Crippen molar-refractivity contribution in [2.24, 2.45) is 5.73 Å². The van der Waals surface area contributed by atoms with Crippen LogP contribution in [0.1, 0.15) is 25.7 Å². The molecule has 0 saturated heterocycles. The molecule has 1 aliphatic rings. The Morgan fingerprint density at radius 3 is 2.80 bits per heavy atom. The van der Waals surface area contributed by atoms with Crippen molar-refractivity contribution < 1.29 is 9.53 Å². The summed E-state index contributed by atoms with van der Waals surface area (Å²) in [6.45, 7) is 1.06. The first-order valence-corrected chi connectivity index (χ1v) is 5.52. The minimum Gasteiger partial charge on any atom is -0.383 e.